The first kappa shape index (κ1) is 5.44. The highest BCUT2D eigenvalue weighted by Crippen LogP contribution is 1.83. The molecular weight excluding hydrogens is 128 g/mol. The third kappa shape index (κ3) is 0.767. The second kappa shape index (κ2) is 1.67. The maximum absolute atomic E-state index is 10.5. The highest BCUT2D eigenvalue weighted by Gasteiger charge is 1.99. The Bertz CT molecular complexity index is 236. The Balaban J connectivity index is 3.35. The highest BCUT2D eigenvalue weighted by atomic mass is 35.5. The Morgan fingerprint density at radius 1 is 1.88 bits per heavy atom. The Morgan fingerprint density at radius 2 is 2.50 bits per heavy atom. The van der Waals surface area contributed by atoms with E-state index in [2.05, 4.69) is 16.7 Å². The van der Waals surface area contributed by atoms with Crippen molar-refractivity contribution in [3.05, 3.63) is 21.6 Å². The van der Waals surface area contributed by atoms with Crippen molar-refractivity contribution in [3.8, 4) is 0 Å². The van der Waals surface area contributed by atoms with Crippen molar-refractivity contribution in [2.24, 2.45) is 7.05 Å². The van der Waals surface area contributed by atoms with Gasteiger partial charge in [-0.1, -0.05) is 0 Å². The molecule has 0 aliphatic carbocycles. The van der Waals surface area contributed by atoms with Gasteiger partial charge in [0.15, 0.2) is 11.6 Å². The zero-order valence-corrected chi connectivity index (χ0v) is 5.16. The van der Waals surface area contributed by atoms with E-state index in [0.717, 1.165) is 0 Å². The maximum Gasteiger partial charge on any atom is 0.316 e. The molecule has 0 aliphatic heterocycles. The van der Waals surface area contributed by atoms with Crippen LogP contribution in [0.2, 0.25) is 5.15 Å². The van der Waals surface area contributed by atoms with E-state index in [1.165, 1.54) is 10.7 Å². The van der Waals surface area contributed by atoms with Crippen molar-refractivity contribution in [1.82, 2.24) is 9.78 Å². The number of aryl methyl sites for hydroxylation is 1. The molecule has 0 fully saturated rings. The molecule has 3 nitrogen and oxygen atoms in total. The summed E-state index contributed by atoms with van der Waals surface area (Å²) in [4.78, 5) is 10.5. The Morgan fingerprint density at radius 3 is 2.62 bits per heavy atom. The highest BCUT2D eigenvalue weighted by molar-refractivity contribution is 4.89. The van der Waals surface area contributed by atoms with Crippen LogP contribution >= 0.6 is 0 Å². The average Bonchev–Trinajstić information content (AvgIpc) is 1.85. The number of aromatic amines is 1. The van der Waals surface area contributed by atoms with Gasteiger partial charge in [-0.25, -0.2) is 5.10 Å². The molecule has 0 spiro atoms. The molecule has 0 radical (unpaired) electrons. The van der Waals surface area contributed by atoms with E-state index in [0.29, 0.717) is 5.15 Å². The van der Waals surface area contributed by atoms with Gasteiger partial charge in [0.1, 0.15) is 0 Å². The van der Waals surface area contributed by atoms with E-state index in [-0.39, 0.29) is 5.56 Å². The molecule has 0 amide bonds. The van der Waals surface area contributed by atoms with Crippen molar-refractivity contribution in [2.75, 3.05) is 0 Å². The van der Waals surface area contributed by atoms with Crippen molar-refractivity contribution in [3.63, 3.8) is 0 Å². The van der Waals surface area contributed by atoms with E-state index in [9.17, 15) is 4.79 Å². The lowest BCUT2D eigenvalue weighted by atomic mass is 10.7. The second-order valence-corrected chi connectivity index (χ2v) is 1.96. The minimum atomic E-state index is -0.0880. The van der Waals surface area contributed by atoms with Crippen LogP contribution in [0.5, 0.6) is 0 Å². The number of hydrogen-bond donors (Lipinski definition) is 1. The summed E-state index contributed by atoms with van der Waals surface area (Å²) in [5.74, 6) is 0. The van der Waals surface area contributed by atoms with Gasteiger partial charge in [0.2, 0.25) is 0 Å². The van der Waals surface area contributed by atoms with Crippen molar-refractivity contribution >= 4 is 0 Å². The minimum Gasteiger partial charge on any atom is -0.268 e. The first-order valence-corrected chi connectivity index (χ1v) is 2.54. The quantitative estimate of drug-likeness (QED) is 0.505. The van der Waals surface area contributed by atoms with E-state index >= 15 is 0 Å². The maximum atomic E-state index is 10.5. The molecule has 1 N–H and O–H groups in total. The normalized spacial score (nSPS) is 9.75. The zero-order valence-electron chi connectivity index (χ0n) is 4.34. The summed E-state index contributed by atoms with van der Waals surface area (Å²) in [5, 5.41) is 3.11. The van der Waals surface area contributed by atoms with Gasteiger partial charge in [0.25, 0.3) is 5.56 Å². The molecule has 8 heavy (non-hydrogen) atoms. The molecule has 1 heterocycles. The minimum absolute atomic E-state index is 0.0880. The van der Waals surface area contributed by atoms with Crippen LogP contribution in [0.4, 0.5) is 0 Å². The summed E-state index contributed by atoms with van der Waals surface area (Å²) in [6.45, 7) is 0. The number of hydrogen-bond acceptors (Lipinski definition) is 1. The van der Waals surface area contributed by atoms with Gasteiger partial charge in [-0.15, -0.1) is 0 Å². The fraction of sp³-hybridized carbons (Fsp3) is 0.250. The van der Waals surface area contributed by atoms with Gasteiger partial charge in [0, 0.05) is 7.05 Å². The van der Waals surface area contributed by atoms with E-state index in [4.69, 9.17) is 0 Å². The molecule has 1 aromatic rings. The molecular formula is C4H6ClN2O+. The van der Waals surface area contributed by atoms with E-state index in [1.54, 1.807) is 7.05 Å². The molecule has 44 valence electrons. The standard InChI is InChI=1S/C4H5ClN2O/c1-7-4(8)2-3(5)6-7/h2,5H,1H3/p+1. The first-order valence-electron chi connectivity index (χ1n) is 2.13. The smallest absolute Gasteiger partial charge is 0.268 e. The molecule has 0 bridgehead atoms. The molecule has 4 heteroatoms. The lowest BCUT2D eigenvalue weighted by Crippen LogP contribution is -2.09. The zero-order chi connectivity index (χ0) is 6.15. The van der Waals surface area contributed by atoms with Crippen molar-refractivity contribution < 1.29 is 11.6 Å². The number of aromatic nitrogens is 2. The third-order valence-corrected chi connectivity index (χ3v) is 1.07. The largest absolute Gasteiger partial charge is 0.316 e. The predicted octanol–water partition coefficient (Wildman–Crippen LogP) is -0.590. The van der Waals surface area contributed by atoms with Crippen LogP contribution in [0.25, 0.3) is 0 Å². The number of halogens is 1. The lowest BCUT2D eigenvalue weighted by molar-refractivity contribution is -0.296. The summed E-state index contributed by atoms with van der Waals surface area (Å²) >= 11 is 4.64. The molecule has 0 saturated carbocycles. The van der Waals surface area contributed by atoms with Gasteiger partial charge < -0.3 is 0 Å². The Kier molecular flexibility index (Phi) is 1.13. The van der Waals surface area contributed by atoms with E-state index < -0.39 is 0 Å². The van der Waals surface area contributed by atoms with Crippen LogP contribution in [0.1, 0.15) is 0 Å². The Hall–Kier alpha value is -0.700. The molecule has 0 unspecified atom stereocenters. The molecule has 0 aromatic carbocycles. The predicted molar refractivity (Wildman–Crippen MR) is 26.6 cm³/mol. The second-order valence-electron chi connectivity index (χ2n) is 1.52. The molecule has 1 aromatic heterocycles. The summed E-state index contributed by atoms with van der Waals surface area (Å²) < 4.78 is 1.34. The van der Waals surface area contributed by atoms with Crippen LogP contribution in [0.3, 0.4) is 0 Å². The average molecular weight is 134 g/mol. The van der Waals surface area contributed by atoms with Crippen molar-refractivity contribution in [1.29, 1.82) is 0 Å². The monoisotopic (exact) mass is 133 g/mol. The van der Waals surface area contributed by atoms with Crippen LogP contribution < -0.4 is 5.56 Å². The topological polar surface area (TPSA) is 37.8 Å². The van der Waals surface area contributed by atoms with Gasteiger partial charge in [-0.2, -0.15) is 0 Å². The van der Waals surface area contributed by atoms with E-state index in [1.807, 2.05) is 0 Å². The fourth-order valence-electron chi connectivity index (χ4n) is 0.462. The van der Waals surface area contributed by atoms with Crippen LogP contribution in [0, 0.1) is 11.6 Å². The number of rotatable bonds is 0. The number of nitrogens with zero attached hydrogens (tertiary/aromatic N) is 1. The van der Waals surface area contributed by atoms with Gasteiger partial charge in [-0.3, -0.25) is 9.48 Å². The summed E-state index contributed by atoms with van der Waals surface area (Å²) in [6.07, 6.45) is 0. The van der Waals surface area contributed by atoms with Crippen LogP contribution in [-0.2, 0) is 7.05 Å². The number of nitrogens with one attached hydrogen (secondary N) is 1. The lowest BCUT2D eigenvalue weighted by Gasteiger charge is -1.79. The van der Waals surface area contributed by atoms with Crippen LogP contribution in [-0.4, -0.2) is 9.78 Å². The summed E-state index contributed by atoms with van der Waals surface area (Å²) in [5.41, 5.74) is -0.0880. The molecule has 0 saturated heterocycles. The molecule has 0 aliphatic rings. The summed E-state index contributed by atoms with van der Waals surface area (Å²) in [7, 11) is 1.62. The van der Waals surface area contributed by atoms with Crippen LogP contribution in [0.15, 0.2) is 10.9 Å². The van der Waals surface area contributed by atoms with Crippen molar-refractivity contribution in [2.45, 2.75) is 0 Å². The first-order chi connectivity index (χ1) is 3.70. The van der Waals surface area contributed by atoms with Gasteiger partial charge in [-0.05, 0) is 0 Å². The van der Waals surface area contributed by atoms with Gasteiger partial charge in [0.05, 0.1) is 6.07 Å². The SMILES string of the molecule is Cn1[nH]c([ClH+])cc1=O. The third-order valence-electron chi connectivity index (χ3n) is 0.863. The fourth-order valence-corrected chi connectivity index (χ4v) is 0.699. The molecule has 0 atom stereocenters. The Labute approximate surface area is 50.9 Å². The molecule has 1 rings (SSSR count). The van der Waals surface area contributed by atoms with Gasteiger partial charge >= 0.3 is 5.15 Å². The number of H-pyrrole nitrogens is 1. The summed E-state index contributed by atoms with van der Waals surface area (Å²) in [6, 6.07) is 1.37.